The van der Waals surface area contributed by atoms with Crippen LogP contribution in [0.3, 0.4) is 0 Å². The lowest BCUT2D eigenvalue weighted by Crippen LogP contribution is -2.43. The number of rotatable bonds is 1. The van der Waals surface area contributed by atoms with Crippen molar-refractivity contribution >= 4 is 27.5 Å². The number of fused-ring (bicyclic) bond motifs is 1. The van der Waals surface area contributed by atoms with E-state index in [4.69, 9.17) is 0 Å². The first kappa shape index (κ1) is 11.8. The highest BCUT2D eigenvalue weighted by molar-refractivity contribution is 8.01. The molecule has 88 valence electrons. The zero-order chi connectivity index (χ0) is 12.0. The van der Waals surface area contributed by atoms with E-state index in [9.17, 15) is 8.42 Å². The molecular formula is C11H15NO2S2. The van der Waals surface area contributed by atoms with Gasteiger partial charge in [-0.3, -0.25) is 4.31 Å². The molecule has 0 bridgehead atoms. The van der Waals surface area contributed by atoms with Gasteiger partial charge in [-0.2, -0.15) is 0 Å². The molecule has 0 N–H and O–H groups in total. The fourth-order valence-electron chi connectivity index (χ4n) is 1.81. The van der Waals surface area contributed by atoms with Gasteiger partial charge in [0.25, 0.3) is 0 Å². The largest absolute Gasteiger partial charge is 0.268 e. The Kier molecular flexibility index (Phi) is 2.70. The van der Waals surface area contributed by atoms with Crippen LogP contribution >= 0.6 is 11.8 Å². The summed E-state index contributed by atoms with van der Waals surface area (Å²) in [5.74, 6) is 0. The molecule has 0 amide bonds. The average Bonchev–Trinajstić information content (AvgIpc) is 2.13. The second kappa shape index (κ2) is 3.67. The third-order valence-corrected chi connectivity index (χ3v) is 4.82. The van der Waals surface area contributed by atoms with Crippen LogP contribution in [-0.4, -0.2) is 26.0 Å². The predicted molar refractivity (Wildman–Crippen MR) is 68.6 cm³/mol. The highest BCUT2D eigenvalue weighted by Crippen LogP contribution is 2.44. The van der Waals surface area contributed by atoms with Crippen LogP contribution in [0.4, 0.5) is 5.69 Å². The Hall–Kier alpha value is -0.680. The van der Waals surface area contributed by atoms with Crippen LogP contribution in [0.1, 0.15) is 13.8 Å². The van der Waals surface area contributed by atoms with Crippen molar-refractivity contribution in [1.82, 2.24) is 0 Å². The van der Waals surface area contributed by atoms with Crippen LogP contribution < -0.4 is 4.31 Å². The molecule has 1 aromatic carbocycles. The Labute approximate surface area is 101 Å². The molecule has 0 saturated heterocycles. The number of sulfonamides is 1. The first-order valence-electron chi connectivity index (χ1n) is 5.05. The molecule has 1 heterocycles. The van der Waals surface area contributed by atoms with Gasteiger partial charge in [0.1, 0.15) is 0 Å². The van der Waals surface area contributed by atoms with E-state index in [0.29, 0.717) is 6.54 Å². The van der Waals surface area contributed by atoms with Crippen molar-refractivity contribution in [3.05, 3.63) is 24.3 Å². The molecule has 0 saturated carbocycles. The smallest absolute Gasteiger partial charge is 0.232 e. The van der Waals surface area contributed by atoms with E-state index in [0.717, 1.165) is 10.6 Å². The molecule has 0 aromatic heterocycles. The number of nitrogens with zero attached hydrogens (tertiary/aromatic N) is 1. The van der Waals surface area contributed by atoms with E-state index in [1.54, 1.807) is 11.8 Å². The van der Waals surface area contributed by atoms with E-state index >= 15 is 0 Å². The van der Waals surface area contributed by atoms with Crippen LogP contribution in [-0.2, 0) is 10.0 Å². The van der Waals surface area contributed by atoms with Gasteiger partial charge in [0.15, 0.2) is 0 Å². The molecule has 0 unspecified atom stereocenters. The fraction of sp³-hybridized carbons (Fsp3) is 0.455. The molecule has 0 aliphatic carbocycles. The van der Waals surface area contributed by atoms with Gasteiger partial charge in [-0.25, -0.2) is 8.42 Å². The summed E-state index contributed by atoms with van der Waals surface area (Å²) < 4.78 is 24.9. The van der Waals surface area contributed by atoms with Crippen molar-refractivity contribution in [2.24, 2.45) is 0 Å². The lowest BCUT2D eigenvalue weighted by molar-refractivity contribution is 0.588. The number of para-hydroxylation sites is 1. The Bertz CT molecular complexity index is 508. The Balaban J connectivity index is 2.57. The van der Waals surface area contributed by atoms with E-state index in [1.165, 1.54) is 10.6 Å². The maximum atomic E-state index is 11.8. The lowest BCUT2D eigenvalue weighted by Gasteiger charge is -2.38. The van der Waals surface area contributed by atoms with Crippen LogP contribution in [0, 0.1) is 0 Å². The molecule has 0 fully saturated rings. The summed E-state index contributed by atoms with van der Waals surface area (Å²) in [6.07, 6.45) is 1.26. The van der Waals surface area contributed by atoms with Crippen molar-refractivity contribution in [2.75, 3.05) is 17.1 Å². The molecule has 1 aliphatic rings. The van der Waals surface area contributed by atoms with Crippen molar-refractivity contribution in [1.29, 1.82) is 0 Å². The van der Waals surface area contributed by atoms with Crippen LogP contribution in [0.5, 0.6) is 0 Å². The predicted octanol–water partition coefficient (Wildman–Crippen LogP) is 2.34. The van der Waals surface area contributed by atoms with Gasteiger partial charge in [-0.15, -0.1) is 11.8 Å². The van der Waals surface area contributed by atoms with E-state index < -0.39 is 10.0 Å². The highest BCUT2D eigenvalue weighted by Gasteiger charge is 2.34. The summed E-state index contributed by atoms with van der Waals surface area (Å²) in [5.41, 5.74) is 0.800. The molecule has 1 aliphatic heterocycles. The maximum absolute atomic E-state index is 11.8. The molecule has 3 nitrogen and oxygen atoms in total. The average molecular weight is 257 g/mol. The van der Waals surface area contributed by atoms with Crippen LogP contribution in [0.15, 0.2) is 29.2 Å². The standard InChI is InChI=1S/C11H15NO2S2/c1-11(2)8-12(16(3,13)14)9-6-4-5-7-10(9)15-11/h4-7H,8H2,1-3H3. The molecular weight excluding hydrogens is 242 g/mol. The van der Waals surface area contributed by atoms with Gasteiger partial charge in [0.2, 0.25) is 10.0 Å². The molecule has 1 aromatic rings. The Morgan fingerprint density at radius 2 is 1.94 bits per heavy atom. The highest BCUT2D eigenvalue weighted by atomic mass is 32.2. The summed E-state index contributed by atoms with van der Waals surface area (Å²) in [7, 11) is -3.19. The second-order valence-corrected chi connectivity index (χ2v) is 8.26. The minimum atomic E-state index is -3.19. The second-order valence-electron chi connectivity index (χ2n) is 4.60. The summed E-state index contributed by atoms with van der Waals surface area (Å²) in [5, 5.41) is 0. The van der Waals surface area contributed by atoms with Crippen LogP contribution in [0.25, 0.3) is 0 Å². The zero-order valence-corrected chi connectivity index (χ0v) is 11.2. The maximum Gasteiger partial charge on any atom is 0.232 e. The normalized spacial score (nSPS) is 19.3. The number of hydrogen-bond donors (Lipinski definition) is 0. The molecule has 16 heavy (non-hydrogen) atoms. The SMILES string of the molecule is CC1(C)CN(S(C)(=O)=O)c2ccccc2S1. The van der Waals surface area contributed by atoms with Gasteiger partial charge >= 0.3 is 0 Å². The fourth-order valence-corrected chi connectivity index (χ4v) is 4.24. The van der Waals surface area contributed by atoms with Crippen molar-refractivity contribution in [3.8, 4) is 0 Å². The monoisotopic (exact) mass is 257 g/mol. The van der Waals surface area contributed by atoms with Gasteiger partial charge in [-0.05, 0) is 26.0 Å². The van der Waals surface area contributed by atoms with Crippen molar-refractivity contribution in [3.63, 3.8) is 0 Å². The van der Waals surface area contributed by atoms with Gasteiger partial charge in [0, 0.05) is 16.2 Å². The van der Waals surface area contributed by atoms with E-state index in [2.05, 4.69) is 13.8 Å². The van der Waals surface area contributed by atoms with Gasteiger partial charge in [0.05, 0.1) is 11.9 Å². The molecule has 0 spiro atoms. The van der Waals surface area contributed by atoms with Crippen molar-refractivity contribution < 1.29 is 8.42 Å². The molecule has 5 heteroatoms. The topological polar surface area (TPSA) is 37.4 Å². The summed E-state index contributed by atoms with van der Waals surface area (Å²) >= 11 is 1.73. The Morgan fingerprint density at radius 3 is 2.56 bits per heavy atom. The van der Waals surface area contributed by atoms with E-state index in [1.807, 2.05) is 24.3 Å². The Morgan fingerprint density at radius 1 is 1.31 bits per heavy atom. The third kappa shape index (κ3) is 2.20. The molecule has 2 rings (SSSR count). The molecule has 0 radical (unpaired) electrons. The molecule has 0 atom stereocenters. The zero-order valence-electron chi connectivity index (χ0n) is 9.60. The van der Waals surface area contributed by atoms with E-state index in [-0.39, 0.29) is 4.75 Å². The third-order valence-electron chi connectivity index (χ3n) is 2.44. The minimum absolute atomic E-state index is 0.0859. The first-order valence-corrected chi connectivity index (χ1v) is 7.72. The number of anilines is 1. The first-order chi connectivity index (χ1) is 7.30. The number of thioether (sulfide) groups is 1. The number of hydrogen-bond acceptors (Lipinski definition) is 3. The summed E-state index contributed by atoms with van der Waals surface area (Å²) in [6.45, 7) is 4.64. The van der Waals surface area contributed by atoms with Gasteiger partial charge < -0.3 is 0 Å². The number of benzene rings is 1. The van der Waals surface area contributed by atoms with Crippen molar-refractivity contribution in [2.45, 2.75) is 23.5 Å². The quantitative estimate of drug-likeness (QED) is 0.775. The minimum Gasteiger partial charge on any atom is -0.268 e. The van der Waals surface area contributed by atoms with Crippen LogP contribution in [0.2, 0.25) is 0 Å². The summed E-state index contributed by atoms with van der Waals surface area (Å²) in [6, 6.07) is 7.64. The lowest BCUT2D eigenvalue weighted by atomic mass is 10.2. The van der Waals surface area contributed by atoms with Gasteiger partial charge in [-0.1, -0.05) is 12.1 Å². The summed E-state index contributed by atoms with van der Waals surface area (Å²) in [4.78, 5) is 1.03.